The molecule has 2 aromatic carbocycles. The molecular weight excluding hydrogens is 284 g/mol. The molecular formula is C17H18O3S. The van der Waals surface area contributed by atoms with Gasteiger partial charge in [-0.2, -0.15) is 0 Å². The van der Waals surface area contributed by atoms with E-state index in [4.69, 9.17) is 0 Å². The van der Waals surface area contributed by atoms with Crippen molar-refractivity contribution in [2.24, 2.45) is 5.92 Å². The fourth-order valence-electron chi connectivity index (χ4n) is 2.81. The first-order chi connectivity index (χ1) is 9.97. The average Bonchev–Trinajstić information content (AvgIpc) is 3.27. The van der Waals surface area contributed by atoms with Crippen LogP contribution in [0.5, 0.6) is 0 Å². The molecule has 0 aliphatic heterocycles. The van der Waals surface area contributed by atoms with E-state index in [-0.39, 0.29) is 10.8 Å². The molecule has 1 aliphatic carbocycles. The minimum atomic E-state index is -3.19. The summed E-state index contributed by atoms with van der Waals surface area (Å²) in [7, 11) is -3.19. The molecule has 21 heavy (non-hydrogen) atoms. The van der Waals surface area contributed by atoms with Gasteiger partial charge in [-0.05, 0) is 41.5 Å². The van der Waals surface area contributed by atoms with Crippen LogP contribution in [0.3, 0.4) is 0 Å². The molecule has 4 heteroatoms. The van der Waals surface area contributed by atoms with Gasteiger partial charge in [0.2, 0.25) is 0 Å². The molecule has 0 bridgehead atoms. The standard InChI is InChI=1S/C17H18O3S/c1-21(19,20)14-9-7-13(8-10-14)17(18)16-11-15(16)12-5-3-2-4-6-12/h2-10,15-18H,11H2,1H3. The second-order valence-corrected chi connectivity index (χ2v) is 7.72. The van der Waals surface area contributed by atoms with Gasteiger partial charge in [0.05, 0.1) is 11.0 Å². The number of sulfone groups is 1. The van der Waals surface area contributed by atoms with Crippen LogP contribution in [0.15, 0.2) is 59.5 Å². The number of aliphatic hydroxyl groups excluding tert-OH is 1. The van der Waals surface area contributed by atoms with Crippen LogP contribution in [-0.4, -0.2) is 19.8 Å². The molecule has 0 heterocycles. The van der Waals surface area contributed by atoms with Crippen LogP contribution >= 0.6 is 0 Å². The molecule has 0 saturated heterocycles. The lowest BCUT2D eigenvalue weighted by molar-refractivity contribution is 0.151. The average molecular weight is 302 g/mol. The highest BCUT2D eigenvalue weighted by Gasteiger charge is 2.43. The molecule has 1 N–H and O–H groups in total. The summed E-state index contributed by atoms with van der Waals surface area (Å²) in [5.74, 6) is 0.618. The zero-order valence-electron chi connectivity index (χ0n) is 11.8. The number of hydrogen-bond acceptors (Lipinski definition) is 3. The summed E-state index contributed by atoms with van der Waals surface area (Å²) in [6.45, 7) is 0. The van der Waals surface area contributed by atoms with E-state index in [9.17, 15) is 13.5 Å². The van der Waals surface area contributed by atoms with Gasteiger partial charge in [-0.15, -0.1) is 0 Å². The minimum Gasteiger partial charge on any atom is -0.388 e. The highest BCUT2D eigenvalue weighted by atomic mass is 32.2. The van der Waals surface area contributed by atoms with Crippen molar-refractivity contribution >= 4 is 9.84 Å². The predicted molar refractivity (Wildman–Crippen MR) is 81.8 cm³/mol. The molecule has 3 atom stereocenters. The van der Waals surface area contributed by atoms with Gasteiger partial charge in [-0.3, -0.25) is 0 Å². The highest BCUT2D eigenvalue weighted by Crippen LogP contribution is 2.53. The Labute approximate surface area is 125 Å². The van der Waals surface area contributed by atoms with Crippen LogP contribution in [-0.2, 0) is 9.84 Å². The van der Waals surface area contributed by atoms with E-state index < -0.39 is 15.9 Å². The van der Waals surface area contributed by atoms with Crippen LogP contribution in [0.25, 0.3) is 0 Å². The Morgan fingerprint density at radius 2 is 1.67 bits per heavy atom. The quantitative estimate of drug-likeness (QED) is 0.944. The summed E-state index contributed by atoms with van der Waals surface area (Å²) in [5, 5.41) is 10.4. The van der Waals surface area contributed by atoms with E-state index in [2.05, 4.69) is 12.1 Å². The van der Waals surface area contributed by atoms with Crippen molar-refractivity contribution in [3.63, 3.8) is 0 Å². The Morgan fingerprint density at radius 3 is 2.24 bits per heavy atom. The normalized spacial score (nSPS) is 22.8. The predicted octanol–water partition coefficient (Wildman–Crippen LogP) is 2.93. The number of benzene rings is 2. The van der Waals surface area contributed by atoms with Gasteiger partial charge in [0.1, 0.15) is 0 Å². The van der Waals surface area contributed by atoms with Gasteiger partial charge in [0, 0.05) is 6.26 Å². The van der Waals surface area contributed by atoms with Crippen molar-refractivity contribution in [2.75, 3.05) is 6.26 Å². The fraction of sp³-hybridized carbons (Fsp3) is 0.294. The van der Waals surface area contributed by atoms with Gasteiger partial charge >= 0.3 is 0 Å². The summed E-state index contributed by atoms with van der Waals surface area (Å²) in [6, 6.07) is 16.7. The van der Waals surface area contributed by atoms with E-state index >= 15 is 0 Å². The molecule has 0 aromatic heterocycles. The molecule has 3 unspecified atom stereocenters. The molecule has 3 nitrogen and oxygen atoms in total. The van der Waals surface area contributed by atoms with Crippen molar-refractivity contribution in [1.82, 2.24) is 0 Å². The van der Waals surface area contributed by atoms with Crippen LogP contribution < -0.4 is 0 Å². The third-order valence-corrected chi connectivity index (χ3v) is 5.25. The zero-order chi connectivity index (χ0) is 15.0. The lowest BCUT2D eigenvalue weighted by Crippen LogP contribution is -2.03. The van der Waals surface area contributed by atoms with Gasteiger partial charge in [0.15, 0.2) is 9.84 Å². The summed E-state index contributed by atoms with van der Waals surface area (Å²) in [4.78, 5) is 0.286. The third kappa shape index (κ3) is 3.01. The largest absolute Gasteiger partial charge is 0.388 e. The molecule has 1 fully saturated rings. The van der Waals surface area contributed by atoms with E-state index in [0.717, 1.165) is 12.0 Å². The molecule has 0 amide bonds. The maximum atomic E-state index is 11.4. The lowest BCUT2D eigenvalue weighted by atomic mass is 10.0. The SMILES string of the molecule is CS(=O)(=O)c1ccc(C(O)C2CC2c2ccccc2)cc1. The Balaban J connectivity index is 1.74. The topological polar surface area (TPSA) is 54.4 Å². The fourth-order valence-corrected chi connectivity index (χ4v) is 3.44. The zero-order valence-corrected chi connectivity index (χ0v) is 12.6. The van der Waals surface area contributed by atoms with Gasteiger partial charge in [-0.25, -0.2) is 8.42 Å². The highest BCUT2D eigenvalue weighted by molar-refractivity contribution is 7.90. The van der Waals surface area contributed by atoms with E-state index in [1.165, 1.54) is 11.8 Å². The first-order valence-corrected chi connectivity index (χ1v) is 8.89. The summed E-state index contributed by atoms with van der Waals surface area (Å²) >= 11 is 0. The maximum absolute atomic E-state index is 11.4. The van der Waals surface area contributed by atoms with E-state index in [1.807, 2.05) is 18.2 Å². The van der Waals surface area contributed by atoms with Crippen molar-refractivity contribution in [1.29, 1.82) is 0 Å². The first kappa shape index (κ1) is 14.3. The van der Waals surface area contributed by atoms with E-state index in [0.29, 0.717) is 5.92 Å². The molecule has 1 saturated carbocycles. The van der Waals surface area contributed by atoms with Gasteiger partial charge in [0.25, 0.3) is 0 Å². The van der Waals surface area contributed by atoms with Crippen LogP contribution in [0.1, 0.15) is 29.6 Å². The van der Waals surface area contributed by atoms with Gasteiger partial charge in [-0.1, -0.05) is 42.5 Å². The van der Waals surface area contributed by atoms with Gasteiger partial charge < -0.3 is 5.11 Å². The molecule has 0 radical (unpaired) electrons. The Bertz CT molecular complexity index is 720. The lowest BCUT2D eigenvalue weighted by Gasteiger charge is -2.11. The smallest absolute Gasteiger partial charge is 0.175 e. The molecule has 0 spiro atoms. The van der Waals surface area contributed by atoms with E-state index in [1.54, 1.807) is 24.3 Å². The monoisotopic (exact) mass is 302 g/mol. The van der Waals surface area contributed by atoms with Crippen LogP contribution in [0.4, 0.5) is 0 Å². The Morgan fingerprint density at radius 1 is 1.05 bits per heavy atom. The molecule has 3 rings (SSSR count). The van der Waals surface area contributed by atoms with Crippen molar-refractivity contribution in [3.05, 3.63) is 65.7 Å². The van der Waals surface area contributed by atoms with Crippen molar-refractivity contribution in [2.45, 2.75) is 23.3 Å². The Kier molecular flexibility index (Phi) is 3.59. The Hall–Kier alpha value is -1.65. The second kappa shape index (κ2) is 5.28. The number of rotatable bonds is 4. The summed E-state index contributed by atoms with van der Waals surface area (Å²) < 4.78 is 22.9. The molecule has 110 valence electrons. The second-order valence-electron chi connectivity index (χ2n) is 5.70. The minimum absolute atomic E-state index is 0.219. The number of aliphatic hydroxyl groups is 1. The van der Waals surface area contributed by atoms with Crippen LogP contribution in [0.2, 0.25) is 0 Å². The number of hydrogen-bond donors (Lipinski definition) is 1. The van der Waals surface area contributed by atoms with Crippen LogP contribution in [0, 0.1) is 5.92 Å². The van der Waals surface area contributed by atoms with Crippen molar-refractivity contribution < 1.29 is 13.5 Å². The maximum Gasteiger partial charge on any atom is 0.175 e. The molecule has 2 aromatic rings. The first-order valence-electron chi connectivity index (χ1n) is 7.00. The van der Waals surface area contributed by atoms with Crippen molar-refractivity contribution in [3.8, 4) is 0 Å². The summed E-state index contributed by atoms with van der Waals surface area (Å²) in [6.07, 6.45) is 1.62. The summed E-state index contributed by atoms with van der Waals surface area (Å²) in [5.41, 5.74) is 2.04. The third-order valence-electron chi connectivity index (χ3n) is 4.12. The molecule has 1 aliphatic rings.